The average molecular weight is 324 g/mol. The largest absolute Gasteiger partial charge is 0.465 e. The van der Waals surface area contributed by atoms with Crippen molar-refractivity contribution in [3.8, 4) is 0 Å². The molecule has 0 rings (SSSR count). The zero-order chi connectivity index (χ0) is 15.5. The number of carbonyl (C=O) groups is 2. The minimum absolute atomic E-state index is 0.0689. The lowest BCUT2D eigenvalue weighted by Gasteiger charge is -2.15. The Morgan fingerprint density at radius 1 is 1.20 bits per heavy atom. The summed E-state index contributed by atoms with van der Waals surface area (Å²) >= 11 is 5.95. The molecule has 2 atom stereocenters. The summed E-state index contributed by atoms with van der Waals surface area (Å²) < 4.78 is 14.9. The van der Waals surface area contributed by atoms with Crippen molar-refractivity contribution in [3.63, 3.8) is 0 Å². The summed E-state index contributed by atoms with van der Waals surface area (Å²) in [5.74, 6) is -0.999. The second-order valence-corrected chi connectivity index (χ2v) is 5.77. The molecule has 0 aromatic carbocycles. The monoisotopic (exact) mass is 324 g/mol. The average Bonchev–Trinajstić information content (AvgIpc) is 2.41. The lowest BCUT2D eigenvalue weighted by atomic mass is 10.4. The molecule has 0 spiro atoms. The van der Waals surface area contributed by atoms with Crippen molar-refractivity contribution in [2.24, 2.45) is 0 Å². The fourth-order valence-electron chi connectivity index (χ4n) is 0.996. The standard InChI is InChI=1S/C12H20O6S2/c1-4-6-16-11(15)9(3)20-12(19)18-8(2)10(14)17-7-5-13/h8-9,13H,4-7H2,1-3H3. The van der Waals surface area contributed by atoms with Crippen molar-refractivity contribution in [2.75, 3.05) is 19.8 Å². The second-order valence-electron chi connectivity index (χ2n) is 3.83. The van der Waals surface area contributed by atoms with Crippen LogP contribution < -0.4 is 0 Å². The van der Waals surface area contributed by atoms with E-state index in [2.05, 4.69) is 4.74 Å². The molecular formula is C12H20O6S2. The van der Waals surface area contributed by atoms with E-state index in [9.17, 15) is 9.59 Å². The maximum atomic E-state index is 11.5. The van der Waals surface area contributed by atoms with E-state index in [1.54, 1.807) is 6.92 Å². The third kappa shape index (κ3) is 8.34. The van der Waals surface area contributed by atoms with Gasteiger partial charge in [0.15, 0.2) is 6.10 Å². The van der Waals surface area contributed by atoms with Gasteiger partial charge in [-0.3, -0.25) is 4.79 Å². The van der Waals surface area contributed by atoms with E-state index in [1.165, 1.54) is 6.92 Å². The number of thiocarbonyl (C=S) groups is 1. The molecule has 1 N–H and O–H groups in total. The highest BCUT2D eigenvalue weighted by Crippen LogP contribution is 2.17. The Morgan fingerprint density at radius 3 is 2.35 bits per heavy atom. The van der Waals surface area contributed by atoms with E-state index in [0.29, 0.717) is 6.61 Å². The first-order valence-electron chi connectivity index (χ1n) is 6.23. The van der Waals surface area contributed by atoms with Gasteiger partial charge in [-0.05, 0) is 32.5 Å². The fourth-order valence-corrected chi connectivity index (χ4v) is 2.23. The molecule has 20 heavy (non-hydrogen) atoms. The number of thioether (sulfide) groups is 1. The summed E-state index contributed by atoms with van der Waals surface area (Å²) in [7, 11) is 0. The van der Waals surface area contributed by atoms with Crippen LogP contribution in [0.2, 0.25) is 0 Å². The van der Waals surface area contributed by atoms with Crippen LogP contribution in [0.4, 0.5) is 0 Å². The number of ether oxygens (including phenoxy) is 3. The second kappa shape index (κ2) is 10.9. The highest BCUT2D eigenvalue weighted by atomic mass is 32.2. The van der Waals surface area contributed by atoms with Crippen LogP contribution >= 0.6 is 24.0 Å². The first kappa shape index (κ1) is 19.1. The predicted molar refractivity (Wildman–Crippen MR) is 79.5 cm³/mol. The van der Waals surface area contributed by atoms with Gasteiger partial charge in [0.25, 0.3) is 0 Å². The maximum absolute atomic E-state index is 11.5. The molecule has 0 aliphatic carbocycles. The number of esters is 2. The van der Waals surface area contributed by atoms with Crippen molar-refractivity contribution in [1.29, 1.82) is 0 Å². The van der Waals surface area contributed by atoms with Crippen LogP contribution in [0, 0.1) is 0 Å². The van der Waals surface area contributed by atoms with Crippen molar-refractivity contribution in [1.82, 2.24) is 0 Å². The number of hydrogen-bond donors (Lipinski definition) is 1. The normalized spacial score (nSPS) is 13.2. The number of aliphatic hydroxyl groups excluding tert-OH is 1. The molecule has 8 heteroatoms. The molecule has 0 heterocycles. The fraction of sp³-hybridized carbons (Fsp3) is 0.750. The zero-order valence-electron chi connectivity index (χ0n) is 11.8. The van der Waals surface area contributed by atoms with E-state index < -0.39 is 17.3 Å². The Bertz CT molecular complexity index is 304. The molecule has 116 valence electrons. The molecule has 0 fully saturated rings. The molecule has 0 saturated heterocycles. The molecule has 0 amide bonds. The molecule has 6 nitrogen and oxygen atoms in total. The van der Waals surface area contributed by atoms with Crippen molar-refractivity contribution >= 4 is 40.3 Å². The van der Waals surface area contributed by atoms with E-state index in [0.717, 1.165) is 18.2 Å². The van der Waals surface area contributed by atoms with Gasteiger partial charge >= 0.3 is 11.9 Å². The summed E-state index contributed by atoms with van der Waals surface area (Å²) in [6, 6.07) is 0. The Morgan fingerprint density at radius 2 is 1.80 bits per heavy atom. The van der Waals surface area contributed by atoms with Crippen LogP contribution in [0.5, 0.6) is 0 Å². The molecule has 0 aromatic heterocycles. The number of rotatable bonds is 8. The number of hydrogen-bond acceptors (Lipinski definition) is 8. The van der Waals surface area contributed by atoms with E-state index >= 15 is 0 Å². The van der Waals surface area contributed by atoms with Crippen LogP contribution in [0.15, 0.2) is 0 Å². The third-order valence-electron chi connectivity index (χ3n) is 1.99. The highest BCUT2D eigenvalue weighted by Gasteiger charge is 2.22. The van der Waals surface area contributed by atoms with Crippen LogP contribution in [0.1, 0.15) is 27.2 Å². The van der Waals surface area contributed by atoms with Gasteiger partial charge in [-0.25, -0.2) is 4.79 Å². The summed E-state index contributed by atoms with van der Waals surface area (Å²) in [6.45, 7) is 5.05. The molecule has 0 saturated carbocycles. The predicted octanol–water partition coefficient (Wildman–Crippen LogP) is 1.29. The zero-order valence-corrected chi connectivity index (χ0v) is 13.4. The van der Waals surface area contributed by atoms with Crippen molar-refractivity contribution in [2.45, 2.75) is 38.5 Å². The molecular weight excluding hydrogens is 304 g/mol. The summed E-state index contributed by atoms with van der Waals surface area (Å²) in [4.78, 5) is 22.9. The van der Waals surface area contributed by atoms with Crippen LogP contribution in [0.25, 0.3) is 0 Å². The first-order valence-corrected chi connectivity index (χ1v) is 7.52. The maximum Gasteiger partial charge on any atom is 0.347 e. The van der Waals surface area contributed by atoms with Gasteiger partial charge < -0.3 is 19.3 Å². The molecule has 0 bridgehead atoms. The smallest absolute Gasteiger partial charge is 0.347 e. The first-order chi connectivity index (χ1) is 9.42. The molecule has 2 unspecified atom stereocenters. The van der Waals surface area contributed by atoms with Gasteiger partial charge in [-0.1, -0.05) is 18.7 Å². The van der Waals surface area contributed by atoms with E-state index in [1.807, 2.05) is 6.92 Å². The highest BCUT2D eigenvalue weighted by molar-refractivity contribution is 8.23. The minimum Gasteiger partial charge on any atom is -0.465 e. The lowest BCUT2D eigenvalue weighted by Crippen LogP contribution is -2.27. The molecule has 0 radical (unpaired) electrons. The molecule has 0 aliphatic heterocycles. The van der Waals surface area contributed by atoms with Crippen molar-refractivity contribution in [3.05, 3.63) is 0 Å². The Labute approximate surface area is 128 Å². The summed E-state index contributed by atoms with van der Waals surface area (Å²) in [5.41, 5.74) is 0. The topological polar surface area (TPSA) is 82.1 Å². The van der Waals surface area contributed by atoms with Gasteiger partial charge in [0.05, 0.1) is 13.2 Å². The summed E-state index contributed by atoms with van der Waals surface area (Å²) in [6.07, 6.45) is -0.141. The van der Waals surface area contributed by atoms with Gasteiger partial charge in [0, 0.05) is 0 Å². The lowest BCUT2D eigenvalue weighted by molar-refractivity contribution is -0.152. The van der Waals surface area contributed by atoms with Gasteiger partial charge in [-0.2, -0.15) is 0 Å². The third-order valence-corrected chi connectivity index (χ3v) is 3.21. The van der Waals surface area contributed by atoms with Gasteiger partial charge in [-0.15, -0.1) is 0 Å². The van der Waals surface area contributed by atoms with E-state index in [-0.39, 0.29) is 23.6 Å². The quantitative estimate of drug-likeness (QED) is 0.528. The molecule has 0 aromatic rings. The van der Waals surface area contributed by atoms with Crippen molar-refractivity contribution < 1.29 is 28.9 Å². The minimum atomic E-state index is -0.889. The van der Waals surface area contributed by atoms with Gasteiger partial charge in [0.2, 0.25) is 4.38 Å². The van der Waals surface area contributed by atoms with Gasteiger partial charge in [0.1, 0.15) is 11.9 Å². The number of aliphatic hydroxyl groups is 1. The van der Waals surface area contributed by atoms with Crippen LogP contribution in [-0.2, 0) is 23.8 Å². The number of carbonyl (C=O) groups excluding carboxylic acids is 2. The SMILES string of the molecule is CCCOC(=O)C(C)SC(=S)OC(C)C(=O)OCCO. The van der Waals surface area contributed by atoms with E-state index in [4.69, 9.17) is 26.8 Å². The van der Waals surface area contributed by atoms with Crippen LogP contribution in [0.3, 0.4) is 0 Å². The Hall–Kier alpha value is -0.860. The molecule has 0 aliphatic rings. The Kier molecular flexibility index (Phi) is 10.4. The Balaban J connectivity index is 4.08. The summed E-state index contributed by atoms with van der Waals surface area (Å²) in [5, 5.41) is 8.03. The van der Waals surface area contributed by atoms with Crippen LogP contribution in [-0.4, -0.2) is 52.6 Å².